The molecular weight excluding hydrogens is 325 g/mol. The molecule has 0 aliphatic rings. The van der Waals surface area contributed by atoms with Gasteiger partial charge >= 0.3 is 0 Å². The van der Waals surface area contributed by atoms with Crippen LogP contribution >= 0.6 is 22.6 Å². The van der Waals surface area contributed by atoms with Gasteiger partial charge in [-0.25, -0.2) is 0 Å². The normalized spacial score (nSPS) is 13.7. The molecule has 0 heterocycles. The molecule has 96 valence electrons. The lowest BCUT2D eigenvalue weighted by Crippen LogP contribution is -2.40. The minimum absolute atomic E-state index is 0.173. The molecule has 1 aromatic rings. The van der Waals surface area contributed by atoms with E-state index in [0.29, 0.717) is 6.04 Å². The molecule has 1 atom stereocenters. The van der Waals surface area contributed by atoms with Crippen LogP contribution in [-0.2, 0) is 6.54 Å². The van der Waals surface area contributed by atoms with Crippen LogP contribution in [0.15, 0.2) is 24.3 Å². The first kappa shape index (κ1) is 14.9. The minimum Gasteiger partial charge on any atom is -0.396 e. The largest absolute Gasteiger partial charge is 0.396 e. The lowest BCUT2D eigenvalue weighted by Gasteiger charge is -2.31. The van der Waals surface area contributed by atoms with Gasteiger partial charge in [0.05, 0.1) is 0 Å². The van der Waals surface area contributed by atoms with Crippen LogP contribution in [0.3, 0.4) is 0 Å². The minimum atomic E-state index is 0.173. The van der Waals surface area contributed by atoms with E-state index in [1.54, 1.807) is 0 Å². The summed E-state index contributed by atoms with van der Waals surface area (Å²) in [6, 6.07) is 8.87. The standard InChI is InChI=1S/C14H22INO/c1-14(2,3)13(8-9-17)16-10-11-4-6-12(15)7-5-11/h4-7,13,16-17H,8-10H2,1-3H3. The molecule has 0 aromatic heterocycles. The molecule has 3 heteroatoms. The Kier molecular flexibility index (Phi) is 5.89. The molecular formula is C14H22INO. The monoisotopic (exact) mass is 347 g/mol. The molecule has 0 fully saturated rings. The van der Waals surface area contributed by atoms with Crippen LogP contribution in [0, 0.1) is 8.99 Å². The molecule has 17 heavy (non-hydrogen) atoms. The van der Waals surface area contributed by atoms with Crippen LogP contribution in [0.5, 0.6) is 0 Å². The van der Waals surface area contributed by atoms with Gasteiger partial charge in [0.15, 0.2) is 0 Å². The first-order valence-electron chi connectivity index (χ1n) is 6.02. The van der Waals surface area contributed by atoms with E-state index in [0.717, 1.165) is 13.0 Å². The van der Waals surface area contributed by atoms with Crippen LogP contribution in [-0.4, -0.2) is 17.8 Å². The van der Waals surface area contributed by atoms with Gasteiger partial charge in [-0.2, -0.15) is 0 Å². The van der Waals surface area contributed by atoms with Gasteiger partial charge in [-0.3, -0.25) is 0 Å². The molecule has 0 aliphatic heterocycles. The van der Waals surface area contributed by atoms with Crippen molar-refractivity contribution in [2.24, 2.45) is 5.41 Å². The van der Waals surface area contributed by atoms with Gasteiger partial charge < -0.3 is 10.4 Å². The summed E-state index contributed by atoms with van der Waals surface area (Å²) in [7, 11) is 0. The Balaban J connectivity index is 2.54. The lowest BCUT2D eigenvalue weighted by molar-refractivity contribution is 0.196. The van der Waals surface area contributed by atoms with Crippen molar-refractivity contribution in [2.45, 2.75) is 39.8 Å². The molecule has 0 amide bonds. The molecule has 0 bridgehead atoms. The Labute approximate surface area is 118 Å². The zero-order valence-electron chi connectivity index (χ0n) is 10.8. The average molecular weight is 347 g/mol. The van der Waals surface area contributed by atoms with Crippen molar-refractivity contribution in [3.63, 3.8) is 0 Å². The maximum absolute atomic E-state index is 9.09. The fraction of sp³-hybridized carbons (Fsp3) is 0.571. The predicted octanol–water partition coefficient (Wildman–Crippen LogP) is 3.18. The molecule has 1 rings (SSSR count). The van der Waals surface area contributed by atoms with Gasteiger partial charge in [-0.15, -0.1) is 0 Å². The summed E-state index contributed by atoms with van der Waals surface area (Å²) in [5.41, 5.74) is 1.46. The Morgan fingerprint density at radius 1 is 1.24 bits per heavy atom. The summed E-state index contributed by atoms with van der Waals surface area (Å²) in [6.07, 6.45) is 0.799. The lowest BCUT2D eigenvalue weighted by atomic mass is 9.85. The number of hydrogen-bond acceptors (Lipinski definition) is 2. The smallest absolute Gasteiger partial charge is 0.0446 e. The van der Waals surface area contributed by atoms with Gasteiger partial charge in [-0.1, -0.05) is 32.9 Å². The van der Waals surface area contributed by atoms with Crippen LogP contribution < -0.4 is 5.32 Å². The predicted molar refractivity (Wildman–Crippen MR) is 80.9 cm³/mol. The van der Waals surface area contributed by atoms with Gasteiger partial charge in [0, 0.05) is 22.8 Å². The second kappa shape index (κ2) is 6.71. The number of benzene rings is 1. The van der Waals surface area contributed by atoms with E-state index >= 15 is 0 Å². The zero-order valence-corrected chi connectivity index (χ0v) is 13.0. The Morgan fingerprint density at radius 3 is 2.29 bits per heavy atom. The van der Waals surface area contributed by atoms with Crippen molar-refractivity contribution in [1.29, 1.82) is 0 Å². The summed E-state index contributed by atoms with van der Waals surface area (Å²) in [5, 5.41) is 12.6. The third-order valence-corrected chi connectivity index (χ3v) is 3.65. The van der Waals surface area contributed by atoms with E-state index in [4.69, 9.17) is 5.11 Å². The van der Waals surface area contributed by atoms with Gasteiger partial charge in [-0.05, 0) is 52.1 Å². The van der Waals surface area contributed by atoms with E-state index in [1.165, 1.54) is 9.13 Å². The van der Waals surface area contributed by atoms with E-state index < -0.39 is 0 Å². The van der Waals surface area contributed by atoms with E-state index in [-0.39, 0.29) is 12.0 Å². The summed E-state index contributed by atoms with van der Waals surface area (Å²) in [4.78, 5) is 0. The van der Waals surface area contributed by atoms with E-state index in [9.17, 15) is 0 Å². The quantitative estimate of drug-likeness (QED) is 0.802. The van der Waals surface area contributed by atoms with Gasteiger partial charge in [0.25, 0.3) is 0 Å². The highest BCUT2D eigenvalue weighted by atomic mass is 127. The Morgan fingerprint density at radius 2 is 1.82 bits per heavy atom. The van der Waals surface area contributed by atoms with Gasteiger partial charge in [0.2, 0.25) is 0 Å². The number of nitrogens with one attached hydrogen (secondary N) is 1. The number of rotatable bonds is 5. The topological polar surface area (TPSA) is 32.3 Å². The summed E-state index contributed by atoms with van der Waals surface area (Å²) in [5.74, 6) is 0. The van der Waals surface area contributed by atoms with Crippen LogP contribution in [0.2, 0.25) is 0 Å². The van der Waals surface area contributed by atoms with E-state index in [1.807, 2.05) is 0 Å². The van der Waals surface area contributed by atoms with Crippen LogP contribution in [0.4, 0.5) is 0 Å². The Bertz CT molecular complexity index is 329. The fourth-order valence-corrected chi connectivity index (χ4v) is 2.17. The molecule has 0 aliphatic carbocycles. The summed E-state index contributed by atoms with van der Waals surface area (Å²) >= 11 is 2.31. The third kappa shape index (κ3) is 5.36. The SMILES string of the molecule is CC(C)(C)C(CCO)NCc1ccc(I)cc1. The highest BCUT2D eigenvalue weighted by molar-refractivity contribution is 14.1. The summed E-state index contributed by atoms with van der Waals surface area (Å²) in [6.45, 7) is 7.71. The zero-order chi connectivity index (χ0) is 12.9. The molecule has 1 aromatic carbocycles. The Hall–Kier alpha value is -0.130. The third-order valence-electron chi connectivity index (χ3n) is 2.93. The maximum Gasteiger partial charge on any atom is 0.0446 e. The maximum atomic E-state index is 9.09. The van der Waals surface area contributed by atoms with Crippen molar-refractivity contribution < 1.29 is 5.11 Å². The van der Waals surface area contributed by atoms with E-state index in [2.05, 4.69) is 72.9 Å². The van der Waals surface area contributed by atoms with Crippen LogP contribution in [0.25, 0.3) is 0 Å². The first-order valence-corrected chi connectivity index (χ1v) is 7.10. The number of hydrogen-bond donors (Lipinski definition) is 2. The molecule has 2 nitrogen and oxygen atoms in total. The molecule has 2 N–H and O–H groups in total. The second-order valence-electron chi connectivity index (χ2n) is 5.44. The highest BCUT2D eigenvalue weighted by Crippen LogP contribution is 2.22. The van der Waals surface area contributed by atoms with Gasteiger partial charge in [0.1, 0.15) is 0 Å². The summed E-state index contributed by atoms with van der Waals surface area (Å²) < 4.78 is 1.26. The molecule has 0 saturated carbocycles. The van der Waals surface area contributed by atoms with Crippen LogP contribution in [0.1, 0.15) is 32.8 Å². The molecule has 0 radical (unpaired) electrons. The number of halogens is 1. The fourth-order valence-electron chi connectivity index (χ4n) is 1.81. The molecule has 1 unspecified atom stereocenters. The highest BCUT2D eigenvalue weighted by Gasteiger charge is 2.23. The van der Waals surface area contributed by atoms with Crippen molar-refractivity contribution in [2.75, 3.05) is 6.61 Å². The molecule has 0 spiro atoms. The number of aliphatic hydroxyl groups is 1. The van der Waals surface area contributed by atoms with Crippen molar-refractivity contribution in [3.05, 3.63) is 33.4 Å². The van der Waals surface area contributed by atoms with Crippen molar-refractivity contribution in [3.8, 4) is 0 Å². The molecule has 0 saturated heterocycles. The van der Waals surface area contributed by atoms with Crippen molar-refractivity contribution in [1.82, 2.24) is 5.32 Å². The first-order chi connectivity index (χ1) is 7.93. The average Bonchev–Trinajstić information content (AvgIpc) is 2.25. The second-order valence-corrected chi connectivity index (χ2v) is 6.68. The van der Waals surface area contributed by atoms with Crippen molar-refractivity contribution >= 4 is 22.6 Å². The number of aliphatic hydroxyl groups excluding tert-OH is 1.